The molecule has 0 bridgehead atoms. The number of halogens is 1. The van der Waals surface area contributed by atoms with E-state index in [0.29, 0.717) is 5.92 Å². The number of hydrogen-bond acceptors (Lipinski definition) is 1. The maximum Gasteiger partial charge on any atom is 0.0790 e. The third kappa shape index (κ3) is 7.34. The van der Waals surface area contributed by atoms with Crippen LogP contribution in [-0.2, 0) is 32.7 Å². The van der Waals surface area contributed by atoms with E-state index in [1.165, 1.54) is 34.9 Å². The van der Waals surface area contributed by atoms with E-state index in [2.05, 4.69) is 66.2 Å². The van der Waals surface area contributed by atoms with Crippen LogP contribution in [0.4, 0.5) is 0 Å². The minimum absolute atomic E-state index is 0. The molecule has 2 rings (SSSR count). The van der Waals surface area contributed by atoms with E-state index in [1.807, 2.05) is 0 Å². The van der Waals surface area contributed by atoms with Crippen LogP contribution in [-0.4, -0.2) is 5.11 Å². The number of unbranched alkanes of at least 4 members (excludes halogenated alkanes) is 3. The van der Waals surface area contributed by atoms with E-state index in [-0.39, 0.29) is 38.8 Å². The molecule has 1 unspecified atom stereocenters. The minimum atomic E-state index is -0.331. The monoisotopic (exact) mass is 492 g/mol. The molecule has 1 aromatic rings. The molecule has 1 radical (unpaired) electrons. The Labute approximate surface area is 193 Å². The topological polar surface area (TPSA) is 20.2 Å². The van der Waals surface area contributed by atoms with Crippen LogP contribution in [0.1, 0.15) is 81.9 Å². The Bertz CT molecular complexity index is 576. The van der Waals surface area contributed by atoms with E-state index in [0.717, 1.165) is 44.1 Å². The predicted octanol–water partition coefficient (Wildman–Crippen LogP) is 7.37. The number of allylic oxidation sites excluding steroid dienone is 4. The molecule has 3 heteroatoms. The third-order valence-corrected chi connectivity index (χ3v) is 5.88. The Hall–Kier alpha value is 0.244. The van der Waals surface area contributed by atoms with Crippen LogP contribution in [0.2, 0.25) is 0 Å². The van der Waals surface area contributed by atoms with Gasteiger partial charge >= 0.3 is 0 Å². The van der Waals surface area contributed by atoms with Crippen LogP contribution < -0.4 is 0 Å². The first kappa shape index (κ1) is 24.3. The molecule has 141 valence electrons. The van der Waals surface area contributed by atoms with Crippen molar-refractivity contribution in [2.75, 3.05) is 0 Å². The normalized spacial score (nSPS) is 18.4. The number of aliphatic hydroxyl groups excluding tert-OH is 1. The molecule has 0 fully saturated rings. The van der Waals surface area contributed by atoms with Crippen molar-refractivity contribution in [2.45, 2.75) is 70.8 Å². The first-order valence-electron chi connectivity index (χ1n) is 9.78. The standard InChI is InChI=1S/C23H32BrO.Y/c1-3-5-7-9-10-19-16-17-21(24)23(19)20-14-12-18(13-15-20)22(25)11-8-6-4-2;/h7,9,12-15,19,22,25H,1,3-6,8,10-11,16-17H2,2H3;/q-1;/b9-7-;/t19-,22?;/m0./s1. The smallest absolute Gasteiger partial charge is 0.0790 e. The first-order chi connectivity index (χ1) is 12.2. The summed E-state index contributed by atoms with van der Waals surface area (Å²) >= 11 is 3.79. The van der Waals surface area contributed by atoms with Crippen molar-refractivity contribution in [1.82, 2.24) is 0 Å². The Morgan fingerprint density at radius 1 is 1.23 bits per heavy atom. The van der Waals surface area contributed by atoms with Gasteiger partial charge in [-0.05, 0) is 52.8 Å². The van der Waals surface area contributed by atoms with Crippen LogP contribution in [0, 0.1) is 12.8 Å². The molecule has 1 N–H and O–H groups in total. The van der Waals surface area contributed by atoms with Gasteiger partial charge in [-0.2, -0.15) is 6.42 Å². The summed E-state index contributed by atoms with van der Waals surface area (Å²) in [6, 6.07) is 8.58. The van der Waals surface area contributed by atoms with Gasteiger partial charge in [-0.15, -0.1) is 0 Å². The van der Waals surface area contributed by atoms with Crippen LogP contribution in [0.15, 0.2) is 40.9 Å². The summed E-state index contributed by atoms with van der Waals surface area (Å²) in [4.78, 5) is 0. The van der Waals surface area contributed by atoms with Crippen molar-refractivity contribution >= 4 is 21.5 Å². The fourth-order valence-electron chi connectivity index (χ4n) is 3.56. The number of benzene rings is 1. The van der Waals surface area contributed by atoms with Gasteiger partial charge in [0.05, 0.1) is 6.10 Å². The SMILES string of the molecule is [CH2-]CC/C=C\C[C@H]1CCC(Br)=C1c1ccc(C(O)CCCCC)cc1.[Y]. The molecule has 0 amide bonds. The van der Waals surface area contributed by atoms with Crippen molar-refractivity contribution < 1.29 is 37.8 Å². The predicted molar refractivity (Wildman–Crippen MR) is 112 cm³/mol. The Morgan fingerprint density at radius 3 is 2.62 bits per heavy atom. The van der Waals surface area contributed by atoms with Gasteiger partial charge in [0.1, 0.15) is 0 Å². The van der Waals surface area contributed by atoms with Crippen LogP contribution in [0.3, 0.4) is 0 Å². The molecule has 0 saturated heterocycles. The first-order valence-corrected chi connectivity index (χ1v) is 10.6. The molecule has 0 saturated carbocycles. The molecule has 1 aromatic carbocycles. The van der Waals surface area contributed by atoms with Crippen molar-refractivity contribution in [2.24, 2.45) is 5.92 Å². The Balaban J connectivity index is 0.00000338. The van der Waals surface area contributed by atoms with Gasteiger partial charge in [-0.3, -0.25) is 0 Å². The van der Waals surface area contributed by atoms with Crippen LogP contribution in [0.25, 0.3) is 5.57 Å². The fourth-order valence-corrected chi connectivity index (χ4v) is 4.35. The number of rotatable bonds is 10. The van der Waals surface area contributed by atoms with E-state index in [9.17, 15) is 5.11 Å². The quantitative estimate of drug-likeness (QED) is 0.205. The molecule has 0 aliphatic heterocycles. The van der Waals surface area contributed by atoms with Crippen molar-refractivity contribution in [3.63, 3.8) is 0 Å². The van der Waals surface area contributed by atoms with Crippen LogP contribution in [0.5, 0.6) is 0 Å². The summed E-state index contributed by atoms with van der Waals surface area (Å²) in [6.45, 7) is 6.08. The van der Waals surface area contributed by atoms with Crippen molar-refractivity contribution in [3.05, 3.63) is 59.0 Å². The summed E-state index contributed by atoms with van der Waals surface area (Å²) < 4.78 is 1.35. The summed E-state index contributed by atoms with van der Waals surface area (Å²) in [5.41, 5.74) is 3.79. The molecule has 1 nitrogen and oxygen atoms in total. The van der Waals surface area contributed by atoms with Gasteiger partial charge in [-0.25, -0.2) is 0 Å². The second kappa shape index (κ2) is 13.4. The molecule has 0 spiro atoms. The summed E-state index contributed by atoms with van der Waals surface area (Å²) in [6.07, 6.45) is 14.1. The van der Waals surface area contributed by atoms with E-state index >= 15 is 0 Å². The van der Waals surface area contributed by atoms with Gasteiger partial charge in [0.25, 0.3) is 0 Å². The van der Waals surface area contributed by atoms with Gasteiger partial charge in [0, 0.05) is 32.7 Å². The second-order valence-electron chi connectivity index (χ2n) is 7.04. The van der Waals surface area contributed by atoms with Crippen molar-refractivity contribution in [1.29, 1.82) is 0 Å². The molecule has 2 atom stereocenters. The number of aliphatic hydroxyl groups is 1. The molecular formula is C23H32BrOY-. The molecule has 0 heterocycles. The molecular weight excluding hydrogens is 461 g/mol. The van der Waals surface area contributed by atoms with Gasteiger partial charge in [0.15, 0.2) is 0 Å². The van der Waals surface area contributed by atoms with Gasteiger partial charge in [0.2, 0.25) is 0 Å². The maximum absolute atomic E-state index is 10.3. The zero-order valence-electron chi connectivity index (χ0n) is 16.1. The average molecular weight is 493 g/mol. The Kier molecular flexibility index (Phi) is 12.5. The van der Waals surface area contributed by atoms with Crippen molar-refractivity contribution in [3.8, 4) is 0 Å². The second-order valence-corrected chi connectivity index (χ2v) is 7.99. The third-order valence-electron chi connectivity index (χ3n) is 5.06. The molecule has 1 aliphatic carbocycles. The molecule has 26 heavy (non-hydrogen) atoms. The summed E-state index contributed by atoms with van der Waals surface area (Å²) in [5, 5.41) is 10.3. The largest absolute Gasteiger partial charge is 0.388 e. The van der Waals surface area contributed by atoms with Gasteiger partial charge < -0.3 is 12.0 Å². The fraction of sp³-hybridized carbons (Fsp3) is 0.522. The van der Waals surface area contributed by atoms with E-state index in [1.54, 1.807) is 0 Å². The summed E-state index contributed by atoms with van der Waals surface area (Å²) in [5.74, 6) is 0.593. The van der Waals surface area contributed by atoms with E-state index < -0.39 is 0 Å². The summed E-state index contributed by atoms with van der Waals surface area (Å²) in [7, 11) is 0. The Morgan fingerprint density at radius 2 is 1.96 bits per heavy atom. The van der Waals surface area contributed by atoms with E-state index in [4.69, 9.17) is 0 Å². The van der Waals surface area contributed by atoms with Crippen LogP contribution >= 0.6 is 15.9 Å². The number of hydrogen-bond donors (Lipinski definition) is 1. The van der Waals surface area contributed by atoms with Gasteiger partial charge in [-0.1, -0.05) is 85.0 Å². The molecule has 1 aliphatic rings. The average Bonchev–Trinajstić information content (AvgIpc) is 2.99. The maximum atomic E-state index is 10.3. The minimum Gasteiger partial charge on any atom is -0.388 e. The zero-order chi connectivity index (χ0) is 18.1. The zero-order valence-corrected chi connectivity index (χ0v) is 20.5. The molecule has 0 aromatic heterocycles.